The molecule has 0 N–H and O–H groups in total. The minimum absolute atomic E-state index is 0.00238. The Kier molecular flexibility index (Phi) is 3.17. The Labute approximate surface area is 126 Å². The van der Waals surface area contributed by atoms with Gasteiger partial charge in [0.25, 0.3) is 5.91 Å². The number of halogens is 1. The minimum atomic E-state index is -0.00238. The number of carbonyl (C=O) groups excluding carboxylic acids is 1. The number of hydrogen-bond donors (Lipinski definition) is 0. The molecule has 1 aliphatic rings. The molecule has 1 aliphatic heterocycles. The second kappa shape index (κ2) is 4.74. The number of nitrogens with zero attached hydrogens (tertiary/aromatic N) is 3. The maximum Gasteiger partial charge on any atom is 0.277 e. The zero-order valence-electron chi connectivity index (χ0n) is 11.7. The fourth-order valence-electron chi connectivity index (χ4n) is 2.85. The van der Waals surface area contributed by atoms with Gasteiger partial charge in [0, 0.05) is 18.8 Å². The third-order valence-corrected chi connectivity index (χ3v) is 4.73. The molecule has 0 aliphatic carbocycles. The summed E-state index contributed by atoms with van der Waals surface area (Å²) in [6.07, 6.45) is 0.899. The fraction of sp³-hybridized carbons (Fsp3) is 0.333. The summed E-state index contributed by atoms with van der Waals surface area (Å²) < 4.78 is 2.43. The van der Waals surface area contributed by atoms with Crippen LogP contribution in [0.15, 0.2) is 28.7 Å². The molecular formula is C15H16BrN3O. The van der Waals surface area contributed by atoms with Gasteiger partial charge < -0.3 is 4.90 Å². The van der Waals surface area contributed by atoms with E-state index in [0.717, 1.165) is 22.3 Å². The third-order valence-electron chi connectivity index (χ3n) is 3.78. The molecule has 0 radical (unpaired) electrons. The lowest BCUT2D eigenvalue weighted by molar-refractivity contribution is 0.0971. The minimum Gasteiger partial charge on any atom is -0.304 e. The highest BCUT2D eigenvalue weighted by Gasteiger charge is 2.34. The number of aromatic nitrogens is 2. The molecule has 104 valence electrons. The zero-order chi connectivity index (χ0) is 14.4. The van der Waals surface area contributed by atoms with E-state index in [4.69, 9.17) is 0 Å². The molecule has 0 unspecified atom stereocenters. The van der Waals surface area contributed by atoms with E-state index < -0.39 is 0 Å². The van der Waals surface area contributed by atoms with Crippen molar-refractivity contribution in [2.75, 3.05) is 4.90 Å². The molecule has 1 atom stereocenters. The summed E-state index contributed by atoms with van der Waals surface area (Å²) in [4.78, 5) is 14.8. The van der Waals surface area contributed by atoms with Crippen molar-refractivity contribution in [2.24, 2.45) is 7.05 Å². The van der Waals surface area contributed by atoms with E-state index in [-0.39, 0.29) is 11.9 Å². The van der Waals surface area contributed by atoms with Crippen LogP contribution in [0.2, 0.25) is 0 Å². The van der Waals surface area contributed by atoms with Gasteiger partial charge in [-0.3, -0.25) is 9.48 Å². The van der Waals surface area contributed by atoms with E-state index in [2.05, 4.69) is 34.0 Å². The number of para-hydroxylation sites is 1. The molecular weight excluding hydrogens is 318 g/mol. The predicted octanol–water partition coefficient (Wildman–Crippen LogP) is 3.08. The maximum atomic E-state index is 12.9. The number of fused-ring (bicyclic) bond motifs is 1. The van der Waals surface area contributed by atoms with Crippen LogP contribution in [0.1, 0.15) is 28.7 Å². The van der Waals surface area contributed by atoms with E-state index >= 15 is 0 Å². The Morgan fingerprint density at radius 2 is 2.10 bits per heavy atom. The highest BCUT2D eigenvalue weighted by molar-refractivity contribution is 9.10. The Balaban J connectivity index is 2.07. The van der Waals surface area contributed by atoms with Crippen molar-refractivity contribution < 1.29 is 4.79 Å². The quantitative estimate of drug-likeness (QED) is 0.804. The lowest BCUT2D eigenvalue weighted by atomic mass is 10.1. The zero-order valence-corrected chi connectivity index (χ0v) is 13.3. The van der Waals surface area contributed by atoms with Gasteiger partial charge in [-0.15, -0.1) is 0 Å². The van der Waals surface area contributed by atoms with Crippen molar-refractivity contribution in [3.05, 3.63) is 45.7 Å². The highest BCUT2D eigenvalue weighted by atomic mass is 79.9. The van der Waals surface area contributed by atoms with Crippen molar-refractivity contribution >= 4 is 27.5 Å². The molecule has 0 saturated carbocycles. The van der Waals surface area contributed by atoms with Crippen molar-refractivity contribution in [3.63, 3.8) is 0 Å². The van der Waals surface area contributed by atoms with Gasteiger partial charge >= 0.3 is 0 Å². The molecule has 0 bridgehead atoms. The molecule has 0 fully saturated rings. The van der Waals surface area contributed by atoms with Gasteiger partial charge in [0.15, 0.2) is 0 Å². The Hall–Kier alpha value is -1.62. The molecule has 3 rings (SSSR count). The molecule has 1 amide bonds. The van der Waals surface area contributed by atoms with Gasteiger partial charge in [0.2, 0.25) is 0 Å². The first kappa shape index (κ1) is 13.4. The van der Waals surface area contributed by atoms with Gasteiger partial charge in [-0.05, 0) is 47.8 Å². The van der Waals surface area contributed by atoms with E-state index in [1.54, 1.807) is 11.7 Å². The lowest BCUT2D eigenvalue weighted by Crippen LogP contribution is -2.37. The average Bonchev–Trinajstić information content (AvgIpc) is 2.85. The first-order chi connectivity index (χ1) is 9.50. The van der Waals surface area contributed by atoms with E-state index in [9.17, 15) is 4.79 Å². The number of rotatable bonds is 1. The number of anilines is 1. The molecule has 0 spiro atoms. The van der Waals surface area contributed by atoms with Gasteiger partial charge in [-0.25, -0.2) is 0 Å². The van der Waals surface area contributed by atoms with Crippen LogP contribution in [0.3, 0.4) is 0 Å². The Morgan fingerprint density at radius 1 is 1.40 bits per heavy atom. The summed E-state index contributed by atoms with van der Waals surface area (Å²) in [5.74, 6) is -0.00238. The molecule has 1 aromatic heterocycles. The average molecular weight is 334 g/mol. The normalized spacial score (nSPS) is 17.4. The van der Waals surface area contributed by atoms with Crippen LogP contribution in [-0.4, -0.2) is 21.7 Å². The molecule has 20 heavy (non-hydrogen) atoms. The smallest absolute Gasteiger partial charge is 0.277 e. The van der Waals surface area contributed by atoms with E-state index in [1.807, 2.05) is 30.0 Å². The summed E-state index contributed by atoms with van der Waals surface area (Å²) in [7, 11) is 1.80. The van der Waals surface area contributed by atoms with Crippen molar-refractivity contribution in [1.82, 2.24) is 9.78 Å². The third kappa shape index (κ3) is 1.88. The van der Waals surface area contributed by atoms with Crippen LogP contribution >= 0.6 is 15.9 Å². The molecule has 1 aromatic carbocycles. The van der Waals surface area contributed by atoms with Gasteiger partial charge in [-0.2, -0.15) is 5.10 Å². The SMILES string of the molecule is Cc1nn(C)c(C(=O)N2c3ccccc3C[C@@H]2C)c1Br. The van der Waals surface area contributed by atoms with Crippen LogP contribution in [0.5, 0.6) is 0 Å². The van der Waals surface area contributed by atoms with Gasteiger partial charge in [0.05, 0.1) is 10.2 Å². The van der Waals surface area contributed by atoms with Crippen molar-refractivity contribution in [2.45, 2.75) is 26.3 Å². The summed E-state index contributed by atoms with van der Waals surface area (Å²) in [6.45, 7) is 3.97. The number of amides is 1. The number of benzene rings is 1. The van der Waals surface area contributed by atoms with E-state index in [0.29, 0.717) is 5.69 Å². The fourth-order valence-corrected chi connectivity index (χ4v) is 3.36. The first-order valence-electron chi connectivity index (χ1n) is 6.61. The summed E-state index contributed by atoms with van der Waals surface area (Å²) >= 11 is 3.48. The van der Waals surface area contributed by atoms with Crippen molar-refractivity contribution in [3.8, 4) is 0 Å². The monoisotopic (exact) mass is 333 g/mol. The Morgan fingerprint density at radius 3 is 2.75 bits per heavy atom. The molecule has 2 heterocycles. The van der Waals surface area contributed by atoms with Crippen LogP contribution in [0.25, 0.3) is 0 Å². The van der Waals surface area contributed by atoms with Gasteiger partial charge in [-0.1, -0.05) is 18.2 Å². The molecule has 5 heteroatoms. The predicted molar refractivity (Wildman–Crippen MR) is 82.1 cm³/mol. The Bertz CT molecular complexity index is 692. The largest absolute Gasteiger partial charge is 0.304 e. The highest BCUT2D eigenvalue weighted by Crippen LogP contribution is 2.34. The lowest BCUT2D eigenvalue weighted by Gasteiger charge is -2.22. The van der Waals surface area contributed by atoms with Crippen LogP contribution in [0.4, 0.5) is 5.69 Å². The molecule has 0 saturated heterocycles. The second-order valence-electron chi connectivity index (χ2n) is 5.23. The summed E-state index contributed by atoms with van der Waals surface area (Å²) in [6, 6.07) is 8.25. The maximum absolute atomic E-state index is 12.9. The number of carbonyl (C=O) groups is 1. The van der Waals surface area contributed by atoms with Gasteiger partial charge in [0.1, 0.15) is 5.69 Å². The number of aryl methyl sites for hydroxylation is 2. The topological polar surface area (TPSA) is 38.1 Å². The molecule has 4 nitrogen and oxygen atoms in total. The standard InChI is InChI=1S/C15H16BrN3O/c1-9-8-11-6-4-5-7-12(11)19(9)15(20)14-13(16)10(2)17-18(14)3/h4-7,9H,8H2,1-3H3/t9-/m0/s1. The van der Waals surface area contributed by atoms with Crippen LogP contribution in [-0.2, 0) is 13.5 Å². The van der Waals surface area contributed by atoms with Crippen LogP contribution < -0.4 is 4.90 Å². The second-order valence-corrected chi connectivity index (χ2v) is 6.02. The molecule has 2 aromatic rings. The van der Waals surface area contributed by atoms with Crippen molar-refractivity contribution in [1.29, 1.82) is 0 Å². The summed E-state index contributed by atoms with van der Waals surface area (Å²) in [5.41, 5.74) is 3.67. The van der Waals surface area contributed by atoms with E-state index in [1.165, 1.54) is 5.56 Å². The number of hydrogen-bond acceptors (Lipinski definition) is 2. The van der Waals surface area contributed by atoms with Crippen LogP contribution in [0, 0.1) is 6.92 Å². The summed E-state index contributed by atoms with van der Waals surface area (Å²) in [5, 5.41) is 4.31. The first-order valence-corrected chi connectivity index (χ1v) is 7.40.